The maximum atomic E-state index is 11.6. The van der Waals surface area contributed by atoms with Gasteiger partial charge in [-0.3, -0.25) is 9.78 Å². The molecule has 2 aromatic heterocycles. The normalized spacial score (nSPS) is 16.2. The van der Waals surface area contributed by atoms with Gasteiger partial charge in [-0.2, -0.15) is 0 Å². The number of carbonyl (C=O) groups is 1. The summed E-state index contributed by atoms with van der Waals surface area (Å²) in [5.74, 6) is 0.151. The molecule has 1 atom stereocenters. The second-order valence-corrected chi connectivity index (χ2v) is 11.9. The molecule has 0 amide bonds. The molecule has 0 aliphatic carbocycles. The Hall–Kier alpha value is -2.67. The number of rotatable bonds is 7. The summed E-state index contributed by atoms with van der Waals surface area (Å²) in [5, 5.41) is 18.1. The van der Waals surface area contributed by atoms with Gasteiger partial charge in [0.25, 0.3) is 0 Å². The zero-order valence-corrected chi connectivity index (χ0v) is 23.6. The minimum absolute atomic E-state index is 0.0393. The van der Waals surface area contributed by atoms with Crippen molar-refractivity contribution in [3.05, 3.63) is 35.8 Å². The van der Waals surface area contributed by atoms with Gasteiger partial charge in [0.2, 0.25) is 5.88 Å². The molecule has 1 fully saturated rings. The quantitative estimate of drug-likeness (QED) is 0.489. The molecule has 0 radical (unpaired) electrons. The fraction of sp³-hybridized carbons (Fsp3) is 0.621. The van der Waals surface area contributed by atoms with Crippen molar-refractivity contribution in [2.24, 2.45) is 11.3 Å². The predicted octanol–water partition coefficient (Wildman–Crippen LogP) is 5.91. The molecule has 0 bridgehead atoms. The van der Waals surface area contributed by atoms with Gasteiger partial charge in [-0.05, 0) is 64.9 Å². The summed E-state index contributed by atoms with van der Waals surface area (Å²) in [6.07, 6.45) is 5.83. The summed E-state index contributed by atoms with van der Waals surface area (Å²) in [5.41, 5.74) is 4.19. The topological polar surface area (TPSA) is 95.8 Å². The third-order valence-corrected chi connectivity index (χ3v) is 6.42. The Morgan fingerprint density at radius 3 is 2.17 bits per heavy atom. The first-order valence-electron chi connectivity index (χ1n) is 12.9. The van der Waals surface area contributed by atoms with Gasteiger partial charge < -0.3 is 19.8 Å². The van der Waals surface area contributed by atoms with E-state index in [0.717, 1.165) is 54.0 Å². The molecule has 1 unspecified atom stereocenters. The number of carboxylic acid groups (broad SMARTS) is 1. The van der Waals surface area contributed by atoms with Crippen molar-refractivity contribution in [3.63, 3.8) is 0 Å². The number of aryl methyl sites for hydroxylation is 1. The number of aliphatic hydroxyl groups is 1. The number of carboxylic acids is 1. The molecule has 3 rings (SSSR count). The van der Waals surface area contributed by atoms with E-state index in [1.165, 1.54) is 0 Å². The number of piperidine rings is 1. The molecule has 3 heterocycles. The maximum Gasteiger partial charge on any atom is 0.307 e. The largest absolute Gasteiger partial charge is 0.481 e. The fourth-order valence-electron chi connectivity index (χ4n) is 3.84. The van der Waals surface area contributed by atoms with E-state index in [-0.39, 0.29) is 12.5 Å². The highest BCUT2D eigenvalue weighted by Crippen LogP contribution is 2.39. The predicted molar refractivity (Wildman–Crippen MR) is 146 cm³/mol. The van der Waals surface area contributed by atoms with E-state index in [1.54, 1.807) is 27.0 Å². The van der Waals surface area contributed by atoms with E-state index in [2.05, 4.69) is 42.6 Å². The fourth-order valence-corrected chi connectivity index (χ4v) is 3.84. The lowest BCUT2D eigenvalue weighted by Crippen LogP contribution is -2.38. The van der Waals surface area contributed by atoms with Crippen LogP contribution in [0.25, 0.3) is 11.1 Å². The van der Waals surface area contributed by atoms with Crippen LogP contribution in [-0.2, 0) is 11.2 Å². The monoisotopic (exact) mass is 499 g/mol. The van der Waals surface area contributed by atoms with Crippen LogP contribution in [0.3, 0.4) is 0 Å². The van der Waals surface area contributed by atoms with Crippen LogP contribution >= 0.6 is 0 Å². The molecule has 1 aliphatic rings. The number of hydrogen-bond donors (Lipinski definition) is 2. The molecule has 0 saturated carbocycles. The standard InChI is InChI=1S/C25H35N3O3.C4H10O/c1-16(2)18(4)31-22-8-7-19(14-27-22)21-15-26-17(3)20(13-23(29)30)24(21)28-11-9-25(5,6)10-12-28;1-4(2,3)5/h7-8,14-16,18H,9-13H2,1-6H3,(H,29,30);5H,1-3H3. The smallest absolute Gasteiger partial charge is 0.307 e. The summed E-state index contributed by atoms with van der Waals surface area (Å²) in [4.78, 5) is 23.0. The van der Waals surface area contributed by atoms with Crippen LogP contribution in [-0.4, -0.2) is 50.9 Å². The number of nitrogens with zero attached hydrogens (tertiary/aromatic N) is 3. The Labute approximate surface area is 216 Å². The lowest BCUT2D eigenvalue weighted by atomic mass is 9.82. The molecule has 2 aromatic rings. The summed E-state index contributed by atoms with van der Waals surface area (Å²) < 4.78 is 5.92. The van der Waals surface area contributed by atoms with Gasteiger partial charge in [0, 0.05) is 53.9 Å². The van der Waals surface area contributed by atoms with Gasteiger partial charge in [-0.1, -0.05) is 27.7 Å². The third-order valence-electron chi connectivity index (χ3n) is 6.42. The number of anilines is 1. The second-order valence-electron chi connectivity index (χ2n) is 11.9. The van der Waals surface area contributed by atoms with E-state index >= 15 is 0 Å². The Bertz CT molecular complexity index is 994. The highest BCUT2D eigenvalue weighted by Gasteiger charge is 2.29. The molecule has 7 heteroatoms. The summed E-state index contributed by atoms with van der Waals surface area (Å²) in [6.45, 7) is 19.8. The van der Waals surface area contributed by atoms with Gasteiger partial charge >= 0.3 is 5.97 Å². The summed E-state index contributed by atoms with van der Waals surface area (Å²) in [7, 11) is 0. The van der Waals surface area contributed by atoms with Gasteiger partial charge in [-0.15, -0.1) is 0 Å². The lowest BCUT2D eigenvalue weighted by molar-refractivity contribution is -0.136. The summed E-state index contributed by atoms with van der Waals surface area (Å²) in [6, 6.07) is 3.87. The van der Waals surface area contributed by atoms with Crippen LogP contribution in [0.1, 0.15) is 79.5 Å². The Balaban J connectivity index is 0.000000830. The first-order valence-corrected chi connectivity index (χ1v) is 12.9. The molecule has 0 spiro atoms. The number of hydrogen-bond acceptors (Lipinski definition) is 6. The van der Waals surface area contributed by atoms with Crippen molar-refractivity contribution in [2.75, 3.05) is 18.0 Å². The first-order chi connectivity index (χ1) is 16.6. The molecule has 7 nitrogen and oxygen atoms in total. The minimum Gasteiger partial charge on any atom is -0.481 e. The van der Waals surface area contributed by atoms with Crippen LogP contribution in [0.2, 0.25) is 0 Å². The van der Waals surface area contributed by atoms with E-state index < -0.39 is 11.6 Å². The molecule has 200 valence electrons. The minimum atomic E-state index is -0.842. The Morgan fingerprint density at radius 1 is 1.11 bits per heavy atom. The van der Waals surface area contributed by atoms with Gasteiger partial charge in [0.15, 0.2) is 0 Å². The highest BCUT2D eigenvalue weighted by atomic mass is 16.5. The van der Waals surface area contributed by atoms with Crippen LogP contribution in [0.5, 0.6) is 5.88 Å². The van der Waals surface area contributed by atoms with Gasteiger partial charge in [-0.25, -0.2) is 4.98 Å². The van der Waals surface area contributed by atoms with Crippen molar-refractivity contribution in [1.29, 1.82) is 0 Å². The Kier molecular flexibility index (Phi) is 9.89. The average molecular weight is 500 g/mol. The highest BCUT2D eigenvalue weighted by molar-refractivity contribution is 5.84. The summed E-state index contributed by atoms with van der Waals surface area (Å²) >= 11 is 0. The SMILES string of the molecule is CC(C)(C)O.Cc1ncc(-c2ccc(OC(C)C(C)C)nc2)c(N2CCC(C)(C)CC2)c1CC(=O)O. The Morgan fingerprint density at radius 2 is 1.69 bits per heavy atom. The van der Waals surface area contributed by atoms with Crippen molar-refractivity contribution in [1.82, 2.24) is 9.97 Å². The van der Waals surface area contributed by atoms with Crippen molar-refractivity contribution in [3.8, 4) is 17.0 Å². The molecular formula is C29H45N3O4. The number of aromatic nitrogens is 2. The second kappa shape index (κ2) is 12.0. The van der Waals surface area contributed by atoms with Crippen molar-refractivity contribution in [2.45, 2.75) is 93.3 Å². The zero-order valence-electron chi connectivity index (χ0n) is 23.6. The van der Waals surface area contributed by atoms with E-state index in [4.69, 9.17) is 9.84 Å². The van der Waals surface area contributed by atoms with Crippen LogP contribution in [0, 0.1) is 18.3 Å². The third kappa shape index (κ3) is 9.08. The van der Waals surface area contributed by atoms with Gasteiger partial charge in [0.05, 0.1) is 23.8 Å². The number of pyridine rings is 2. The first kappa shape index (κ1) is 29.6. The molecule has 1 aliphatic heterocycles. The zero-order chi connectivity index (χ0) is 27.3. The maximum absolute atomic E-state index is 11.6. The van der Waals surface area contributed by atoms with E-state index in [9.17, 15) is 9.90 Å². The molecular weight excluding hydrogens is 454 g/mol. The number of aliphatic carboxylic acids is 1. The van der Waals surface area contributed by atoms with E-state index in [1.807, 2.05) is 32.2 Å². The molecule has 1 saturated heterocycles. The average Bonchev–Trinajstić information content (AvgIpc) is 2.74. The molecule has 0 aromatic carbocycles. The van der Waals surface area contributed by atoms with Crippen LogP contribution in [0.15, 0.2) is 24.5 Å². The van der Waals surface area contributed by atoms with Crippen molar-refractivity contribution >= 4 is 11.7 Å². The number of ether oxygens (including phenoxy) is 1. The van der Waals surface area contributed by atoms with Gasteiger partial charge in [0.1, 0.15) is 0 Å². The lowest BCUT2D eigenvalue weighted by Gasteiger charge is -2.40. The van der Waals surface area contributed by atoms with Crippen molar-refractivity contribution < 1.29 is 19.7 Å². The van der Waals surface area contributed by atoms with Crippen LogP contribution < -0.4 is 9.64 Å². The van der Waals surface area contributed by atoms with Crippen LogP contribution in [0.4, 0.5) is 5.69 Å². The molecule has 36 heavy (non-hydrogen) atoms. The molecule has 2 N–H and O–H groups in total. The van der Waals surface area contributed by atoms with E-state index in [0.29, 0.717) is 17.2 Å².